The molecule has 0 spiro atoms. The number of hydrogen-bond donors (Lipinski definition) is 2. The molecule has 96 valence electrons. The Bertz CT molecular complexity index is 617. The number of benzene rings is 2. The van der Waals surface area contributed by atoms with Gasteiger partial charge in [-0.1, -0.05) is 12.1 Å². The Balaban J connectivity index is 2.08. The van der Waals surface area contributed by atoms with Gasteiger partial charge in [-0.25, -0.2) is 4.39 Å². The first kappa shape index (κ1) is 12.9. The second kappa shape index (κ2) is 5.87. The van der Waals surface area contributed by atoms with Gasteiger partial charge < -0.3 is 11.1 Å². The summed E-state index contributed by atoms with van der Waals surface area (Å²) in [6.07, 6.45) is 0.279. The van der Waals surface area contributed by atoms with Crippen LogP contribution in [0.5, 0.6) is 0 Å². The van der Waals surface area contributed by atoms with E-state index < -0.39 is 0 Å². The highest BCUT2D eigenvalue weighted by atomic mass is 19.1. The number of nitrogens with zero attached hydrogens (tertiary/aromatic N) is 1. The Morgan fingerprint density at radius 2 is 2.05 bits per heavy atom. The molecule has 0 aromatic heterocycles. The molecule has 3 nitrogen and oxygen atoms in total. The highest BCUT2D eigenvalue weighted by Crippen LogP contribution is 2.19. The van der Waals surface area contributed by atoms with Crippen molar-refractivity contribution >= 4 is 11.4 Å². The largest absolute Gasteiger partial charge is 0.398 e. The van der Waals surface area contributed by atoms with E-state index in [9.17, 15) is 4.39 Å². The number of nitrogens with two attached hydrogens (primary N) is 1. The van der Waals surface area contributed by atoms with Crippen molar-refractivity contribution in [3.63, 3.8) is 0 Å². The summed E-state index contributed by atoms with van der Waals surface area (Å²) in [5.41, 5.74) is 8.91. The van der Waals surface area contributed by atoms with Gasteiger partial charge >= 0.3 is 0 Å². The first-order valence-corrected chi connectivity index (χ1v) is 5.92. The average molecular weight is 255 g/mol. The number of nitriles is 1. The molecule has 0 amide bonds. The van der Waals surface area contributed by atoms with Gasteiger partial charge in [-0.2, -0.15) is 5.26 Å². The Morgan fingerprint density at radius 3 is 2.79 bits per heavy atom. The Labute approximate surface area is 111 Å². The maximum Gasteiger partial charge on any atom is 0.123 e. The summed E-state index contributed by atoms with van der Waals surface area (Å²) >= 11 is 0. The van der Waals surface area contributed by atoms with Gasteiger partial charge in [0.2, 0.25) is 0 Å². The summed E-state index contributed by atoms with van der Waals surface area (Å²) in [5.74, 6) is -0.248. The number of nitrogen functional groups attached to an aromatic ring is 1. The summed E-state index contributed by atoms with van der Waals surface area (Å²) in [6, 6.07) is 14.0. The van der Waals surface area contributed by atoms with E-state index in [1.807, 2.05) is 18.2 Å². The average Bonchev–Trinajstić information content (AvgIpc) is 2.40. The molecule has 0 saturated carbocycles. The highest BCUT2D eigenvalue weighted by Gasteiger charge is 2.01. The van der Waals surface area contributed by atoms with Gasteiger partial charge in [0.05, 0.1) is 12.5 Å². The third-order valence-corrected chi connectivity index (χ3v) is 2.80. The first-order valence-electron chi connectivity index (χ1n) is 5.92. The predicted molar refractivity (Wildman–Crippen MR) is 73.9 cm³/mol. The SMILES string of the molecule is N#CCc1cc(NCc2cccc(F)c2)ccc1N. The number of anilines is 2. The molecule has 0 aliphatic rings. The second-order valence-electron chi connectivity index (χ2n) is 4.23. The lowest BCUT2D eigenvalue weighted by molar-refractivity contribution is 0.626. The Morgan fingerprint density at radius 1 is 1.21 bits per heavy atom. The molecule has 4 heteroatoms. The summed E-state index contributed by atoms with van der Waals surface area (Å²) in [7, 11) is 0. The molecule has 0 bridgehead atoms. The molecule has 2 aromatic rings. The fraction of sp³-hybridized carbons (Fsp3) is 0.133. The van der Waals surface area contributed by atoms with Gasteiger partial charge in [0.1, 0.15) is 5.82 Å². The van der Waals surface area contributed by atoms with Crippen LogP contribution in [0, 0.1) is 17.1 Å². The van der Waals surface area contributed by atoms with Crippen LogP contribution in [0.15, 0.2) is 42.5 Å². The van der Waals surface area contributed by atoms with Gasteiger partial charge in [0.25, 0.3) is 0 Å². The van der Waals surface area contributed by atoms with Gasteiger partial charge in [-0.3, -0.25) is 0 Å². The van der Waals surface area contributed by atoms with Crippen molar-refractivity contribution < 1.29 is 4.39 Å². The van der Waals surface area contributed by atoms with Gasteiger partial charge in [-0.15, -0.1) is 0 Å². The van der Waals surface area contributed by atoms with Crippen LogP contribution in [-0.2, 0) is 13.0 Å². The fourth-order valence-corrected chi connectivity index (χ4v) is 1.81. The summed E-state index contributed by atoms with van der Waals surface area (Å²) in [4.78, 5) is 0. The topological polar surface area (TPSA) is 61.8 Å². The third-order valence-electron chi connectivity index (χ3n) is 2.80. The second-order valence-corrected chi connectivity index (χ2v) is 4.23. The van der Waals surface area contributed by atoms with E-state index in [2.05, 4.69) is 11.4 Å². The quantitative estimate of drug-likeness (QED) is 0.825. The highest BCUT2D eigenvalue weighted by molar-refractivity contribution is 5.58. The maximum absolute atomic E-state index is 13.0. The van der Waals surface area contributed by atoms with Crippen molar-refractivity contribution in [3.05, 3.63) is 59.4 Å². The van der Waals surface area contributed by atoms with Crippen molar-refractivity contribution in [2.45, 2.75) is 13.0 Å². The number of nitrogens with one attached hydrogen (secondary N) is 1. The summed E-state index contributed by atoms with van der Waals surface area (Å²) < 4.78 is 13.0. The molecule has 3 N–H and O–H groups in total. The lowest BCUT2D eigenvalue weighted by Crippen LogP contribution is -2.01. The van der Waals surface area contributed by atoms with Crippen molar-refractivity contribution in [2.75, 3.05) is 11.1 Å². The molecule has 0 heterocycles. The van der Waals surface area contributed by atoms with Crippen LogP contribution in [0.25, 0.3) is 0 Å². The smallest absolute Gasteiger partial charge is 0.123 e. The molecule has 0 aliphatic carbocycles. The van der Waals surface area contributed by atoms with Crippen molar-refractivity contribution in [3.8, 4) is 6.07 Å². The van der Waals surface area contributed by atoms with E-state index in [0.717, 1.165) is 16.8 Å². The van der Waals surface area contributed by atoms with E-state index in [1.165, 1.54) is 12.1 Å². The van der Waals surface area contributed by atoms with E-state index in [4.69, 9.17) is 11.0 Å². The number of hydrogen-bond acceptors (Lipinski definition) is 3. The van der Waals surface area contributed by atoms with Crippen molar-refractivity contribution in [1.29, 1.82) is 5.26 Å². The molecule has 2 aromatic carbocycles. The molecule has 0 atom stereocenters. The van der Waals surface area contributed by atoms with Crippen LogP contribution >= 0.6 is 0 Å². The molecule has 0 saturated heterocycles. The normalized spacial score (nSPS) is 9.89. The van der Waals surface area contributed by atoms with Crippen molar-refractivity contribution in [2.24, 2.45) is 0 Å². The molecule has 0 fully saturated rings. The van der Waals surface area contributed by atoms with Crippen molar-refractivity contribution in [1.82, 2.24) is 0 Å². The molecule has 0 radical (unpaired) electrons. The molecular weight excluding hydrogens is 241 g/mol. The first-order chi connectivity index (χ1) is 9.19. The Kier molecular flexibility index (Phi) is 3.99. The zero-order chi connectivity index (χ0) is 13.7. The minimum absolute atomic E-state index is 0.248. The van der Waals surface area contributed by atoms with Crippen LogP contribution < -0.4 is 11.1 Å². The van der Waals surface area contributed by atoms with Gasteiger partial charge in [-0.05, 0) is 41.5 Å². The van der Waals surface area contributed by atoms with E-state index >= 15 is 0 Å². The van der Waals surface area contributed by atoms with Crippen LogP contribution in [0.4, 0.5) is 15.8 Å². The van der Waals surface area contributed by atoms with Crippen LogP contribution in [0.1, 0.15) is 11.1 Å². The lowest BCUT2D eigenvalue weighted by Gasteiger charge is -2.09. The zero-order valence-corrected chi connectivity index (χ0v) is 10.4. The minimum Gasteiger partial charge on any atom is -0.398 e. The van der Waals surface area contributed by atoms with Crippen LogP contribution in [0.2, 0.25) is 0 Å². The van der Waals surface area contributed by atoms with E-state index in [-0.39, 0.29) is 12.2 Å². The van der Waals surface area contributed by atoms with Crippen LogP contribution in [-0.4, -0.2) is 0 Å². The Hall–Kier alpha value is -2.54. The predicted octanol–water partition coefficient (Wildman–Crippen LogP) is 3.09. The molecule has 0 unspecified atom stereocenters. The monoisotopic (exact) mass is 255 g/mol. The summed E-state index contributed by atoms with van der Waals surface area (Å²) in [6.45, 7) is 0.521. The number of rotatable bonds is 4. The molecule has 2 rings (SSSR count). The summed E-state index contributed by atoms with van der Waals surface area (Å²) in [5, 5.41) is 11.9. The maximum atomic E-state index is 13.0. The van der Waals surface area contributed by atoms with E-state index in [1.54, 1.807) is 12.1 Å². The lowest BCUT2D eigenvalue weighted by atomic mass is 10.1. The third kappa shape index (κ3) is 3.46. The van der Waals surface area contributed by atoms with E-state index in [0.29, 0.717) is 12.2 Å². The molecule has 0 aliphatic heterocycles. The van der Waals surface area contributed by atoms with Gasteiger partial charge in [0.15, 0.2) is 0 Å². The minimum atomic E-state index is -0.248. The standard InChI is InChI=1S/C15H14FN3/c16-13-3-1-2-11(8-13)10-19-14-4-5-15(18)12(9-14)6-7-17/h1-5,8-9,19H,6,10,18H2. The fourth-order valence-electron chi connectivity index (χ4n) is 1.81. The molecule has 19 heavy (non-hydrogen) atoms. The molecular formula is C15H14FN3. The van der Waals surface area contributed by atoms with Gasteiger partial charge in [0, 0.05) is 17.9 Å². The van der Waals surface area contributed by atoms with Crippen LogP contribution in [0.3, 0.4) is 0 Å². The zero-order valence-electron chi connectivity index (χ0n) is 10.4. The number of halogens is 1.